The minimum absolute atomic E-state index is 0.0303. The van der Waals surface area contributed by atoms with Crippen molar-refractivity contribution in [2.24, 2.45) is 5.92 Å². The summed E-state index contributed by atoms with van der Waals surface area (Å²) in [7, 11) is -3.65. The Kier molecular flexibility index (Phi) is 4.63. The van der Waals surface area contributed by atoms with E-state index >= 15 is 0 Å². The predicted molar refractivity (Wildman–Crippen MR) is 82.8 cm³/mol. The Labute approximate surface area is 133 Å². The van der Waals surface area contributed by atoms with Gasteiger partial charge in [-0.25, -0.2) is 12.8 Å². The first-order valence-corrected chi connectivity index (χ1v) is 8.98. The van der Waals surface area contributed by atoms with Gasteiger partial charge in [0, 0.05) is 12.2 Å². The minimum Gasteiger partial charge on any atom is -0.380 e. The van der Waals surface area contributed by atoms with Crippen LogP contribution in [0.1, 0.15) is 12.8 Å². The SMILES string of the molecule is O=S(=O)(CCOCC1CC1)Nc1nocc1-c1ccccc1F. The van der Waals surface area contributed by atoms with Crippen LogP contribution in [-0.4, -0.2) is 32.5 Å². The van der Waals surface area contributed by atoms with Gasteiger partial charge in [0.2, 0.25) is 10.0 Å². The number of ether oxygens (including phenoxy) is 1. The summed E-state index contributed by atoms with van der Waals surface area (Å²) in [6.45, 7) is 0.707. The molecular formula is C15H17FN2O4S. The first kappa shape index (κ1) is 15.9. The van der Waals surface area contributed by atoms with E-state index in [4.69, 9.17) is 9.26 Å². The predicted octanol–water partition coefficient (Wildman–Crippen LogP) is 2.65. The van der Waals surface area contributed by atoms with Crippen LogP contribution < -0.4 is 4.72 Å². The van der Waals surface area contributed by atoms with E-state index in [-0.39, 0.29) is 29.3 Å². The molecule has 0 amide bonds. The molecule has 0 saturated heterocycles. The molecule has 124 valence electrons. The highest BCUT2D eigenvalue weighted by Gasteiger charge is 2.22. The van der Waals surface area contributed by atoms with E-state index in [1.54, 1.807) is 12.1 Å². The van der Waals surface area contributed by atoms with Crippen molar-refractivity contribution in [2.75, 3.05) is 23.7 Å². The highest BCUT2D eigenvalue weighted by molar-refractivity contribution is 7.92. The van der Waals surface area contributed by atoms with Crippen LogP contribution in [0.5, 0.6) is 0 Å². The van der Waals surface area contributed by atoms with Gasteiger partial charge in [0.15, 0.2) is 5.82 Å². The van der Waals surface area contributed by atoms with Crippen molar-refractivity contribution < 1.29 is 22.1 Å². The van der Waals surface area contributed by atoms with Gasteiger partial charge in [0.25, 0.3) is 0 Å². The summed E-state index contributed by atoms with van der Waals surface area (Å²) < 4.78 is 50.4. The molecule has 0 radical (unpaired) electrons. The Morgan fingerprint density at radius 3 is 2.83 bits per heavy atom. The van der Waals surface area contributed by atoms with Crippen molar-refractivity contribution in [3.05, 3.63) is 36.3 Å². The second-order valence-corrected chi connectivity index (χ2v) is 7.34. The van der Waals surface area contributed by atoms with Gasteiger partial charge in [-0.3, -0.25) is 4.72 Å². The smallest absolute Gasteiger partial charge is 0.236 e. The fraction of sp³-hybridized carbons (Fsp3) is 0.400. The topological polar surface area (TPSA) is 81.4 Å². The molecule has 23 heavy (non-hydrogen) atoms. The second kappa shape index (κ2) is 6.67. The van der Waals surface area contributed by atoms with E-state index in [0.29, 0.717) is 12.5 Å². The minimum atomic E-state index is -3.65. The summed E-state index contributed by atoms with van der Waals surface area (Å²) in [5.74, 6) is -0.126. The number of aromatic nitrogens is 1. The average Bonchev–Trinajstić information content (AvgIpc) is 3.23. The quantitative estimate of drug-likeness (QED) is 0.747. The van der Waals surface area contributed by atoms with Crippen molar-refractivity contribution in [1.82, 2.24) is 5.16 Å². The summed E-state index contributed by atoms with van der Waals surface area (Å²) in [4.78, 5) is 0. The Bertz CT molecular complexity index is 771. The molecule has 3 rings (SSSR count). The number of halogens is 1. The maximum Gasteiger partial charge on any atom is 0.236 e. The molecule has 0 unspecified atom stereocenters. The maximum absolute atomic E-state index is 13.8. The zero-order valence-corrected chi connectivity index (χ0v) is 13.2. The van der Waals surface area contributed by atoms with Gasteiger partial charge in [-0.1, -0.05) is 23.4 Å². The second-order valence-electron chi connectivity index (χ2n) is 5.50. The summed E-state index contributed by atoms with van der Waals surface area (Å²) in [6.07, 6.45) is 3.51. The molecule has 2 aromatic rings. The number of hydrogen-bond donors (Lipinski definition) is 1. The number of hydrogen-bond acceptors (Lipinski definition) is 5. The molecule has 0 spiro atoms. The highest BCUT2D eigenvalue weighted by Crippen LogP contribution is 2.30. The Morgan fingerprint density at radius 2 is 2.09 bits per heavy atom. The number of benzene rings is 1. The van der Waals surface area contributed by atoms with Crippen molar-refractivity contribution >= 4 is 15.8 Å². The van der Waals surface area contributed by atoms with Gasteiger partial charge in [-0.15, -0.1) is 0 Å². The number of sulfonamides is 1. The zero-order valence-electron chi connectivity index (χ0n) is 12.4. The van der Waals surface area contributed by atoms with Crippen molar-refractivity contribution in [2.45, 2.75) is 12.8 Å². The highest BCUT2D eigenvalue weighted by atomic mass is 32.2. The largest absolute Gasteiger partial charge is 0.380 e. The lowest BCUT2D eigenvalue weighted by Gasteiger charge is -2.08. The van der Waals surface area contributed by atoms with Crippen LogP contribution in [-0.2, 0) is 14.8 Å². The van der Waals surface area contributed by atoms with Gasteiger partial charge in [0.05, 0.1) is 17.9 Å². The first-order chi connectivity index (χ1) is 11.1. The van der Waals surface area contributed by atoms with E-state index in [9.17, 15) is 12.8 Å². The third-order valence-corrected chi connectivity index (χ3v) is 4.74. The number of anilines is 1. The van der Waals surface area contributed by atoms with Gasteiger partial charge >= 0.3 is 0 Å². The van der Waals surface area contributed by atoms with Gasteiger partial charge in [-0.2, -0.15) is 0 Å². The van der Waals surface area contributed by atoms with Crippen molar-refractivity contribution in [3.8, 4) is 11.1 Å². The molecule has 1 aromatic carbocycles. The standard InChI is InChI=1S/C15H17FN2O4S/c16-14-4-2-1-3-12(14)13-10-22-17-15(13)18-23(19,20)8-7-21-9-11-5-6-11/h1-4,10-11H,5-9H2,(H,17,18). The molecule has 0 bridgehead atoms. The number of nitrogens with zero attached hydrogens (tertiary/aromatic N) is 1. The van der Waals surface area contributed by atoms with Crippen molar-refractivity contribution in [1.29, 1.82) is 0 Å². The lowest BCUT2D eigenvalue weighted by atomic mass is 10.1. The molecule has 1 fully saturated rings. The molecule has 0 atom stereocenters. The Morgan fingerprint density at radius 1 is 1.30 bits per heavy atom. The maximum atomic E-state index is 13.8. The monoisotopic (exact) mass is 340 g/mol. The molecule has 1 saturated carbocycles. The molecule has 1 aliphatic carbocycles. The summed E-state index contributed by atoms with van der Waals surface area (Å²) in [6, 6.07) is 6.01. The molecule has 8 heteroatoms. The van der Waals surface area contributed by atoms with Gasteiger partial charge in [-0.05, 0) is 24.8 Å². The van der Waals surface area contributed by atoms with Crippen LogP contribution in [0, 0.1) is 11.7 Å². The molecule has 0 aliphatic heterocycles. The molecule has 6 nitrogen and oxygen atoms in total. The fourth-order valence-electron chi connectivity index (χ4n) is 2.08. The molecule has 1 aliphatic rings. The van der Waals surface area contributed by atoms with E-state index in [2.05, 4.69) is 9.88 Å². The molecule has 1 heterocycles. The van der Waals surface area contributed by atoms with E-state index < -0.39 is 15.8 Å². The third kappa shape index (κ3) is 4.29. The fourth-order valence-corrected chi connectivity index (χ4v) is 2.96. The Hall–Kier alpha value is -1.93. The lowest BCUT2D eigenvalue weighted by molar-refractivity contribution is 0.138. The van der Waals surface area contributed by atoms with Crippen LogP contribution in [0.4, 0.5) is 10.2 Å². The molecule has 1 N–H and O–H groups in total. The first-order valence-electron chi connectivity index (χ1n) is 7.33. The van der Waals surface area contributed by atoms with Crippen LogP contribution in [0.3, 0.4) is 0 Å². The van der Waals surface area contributed by atoms with E-state index in [0.717, 1.165) is 12.8 Å². The average molecular weight is 340 g/mol. The van der Waals surface area contributed by atoms with E-state index in [1.165, 1.54) is 18.4 Å². The van der Waals surface area contributed by atoms with Crippen LogP contribution >= 0.6 is 0 Å². The lowest BCUT2D eigenvalue weighted by Crippen LogP contribution is -2.21. The summed E-state index contributed by atoms with van der Waals surface area (Å²) in [5, 5.41) is 3.61. The van der Waals surface area contributed by atoms with E-state index in [1.807, 2.05) is 0 Å². The third-order valence-electron chi connectivity index (χ3n) is 3.53. The summed E-state index contributed by atoms with van der Waals surface area (Å²) in [5.41, 5.74) is 0.474. The summed E-state index contributed by atoms with van der Waals surface area (Å²) >= 11 is 0. The van der Waals surface area contributed by atoms with Crippen LogP contribution in [0.25, 0.3) is 11.1 Å². The number of nitrogens with one attached hydrogen (secondary N) is 1. The van der Waals surface area contributed by atoms with Gasteiger partial charge in [0.1, 0.15) is 12.1 Å². The molecule has 1 aromatic heterocycles. The normalized spacial score (nSPS) is 14.8. The zero-order chi connectivity index (χ0) is 16.3. The number of rotatable bonds is 8. The van der Waals surface area contributed by atoms with Gasteiger partial charge < -0.3 is 9.26 Å². The molecular weight excluding hydrogens is 323 g/mol. The van der Waals surface area contributed by atoms with Crippen LogP contribution in [0.15, 0.2) is 35.1 Å². The van der Waals surface area contributed by atoms with Crippen molar-refractivity contribution in [3.63, 3.8) is 0 Å². The Balaban J connectivity index is 1.65. The van der Waals surface area contributed by atoms with Crippen LogP contribution in [0.2, 0.25) is 0 Å².